The van der Waals surface area contributed by atoms with Crippen molar-refractivity contribution in [1.29, 1.82) is 0 Å². The highest BCUT2D eigenvalue weighted by molar-refractivity contribution is 9.10. The lowest BCUT2D eigenvalue weighted by molar-refractivity contribution is 0.181. The first-order valence-corrected chi connectivity index (χ1v) is 7.95. The second-order valence-corrected chi connectivity index (χ2v) is 6.13. The van der Waals surface area contributed by atoms with Crippen molar-refractivity contribution in [3.8, 4) is 0 Å². The van der Waals surface area contributed by atoms with Crippen LogP contribution in [-0.2, 0) is 6.42 Å². The Morgan fingerprint density at radius 1 is 1.26 bits per heavy atom. The summed E-state index contributed by atoms with van der Waals surface area (Å²) < 4.78 is 1.15. The Morgan fingerprint density at radius 2 is 1.95 bits per heavy atom. The fraction of sp³-hybridized carbons (Fsp3) is 0.600. The van der Waals surface area contributed by atoms with Gasteiger partial charge in [-0.25, -0.2) is 0 Å². The molecule has 19 heavy (non-hydrogen) atoms. The minimum Gasteiger partial charge on any atom is -0.315 e. The van der Waals surface area contributed by atoms with Crippen LogP contribution in [0.5, 0.6) is 0 Å². The molecule has 0 aliphatic carbocycles. The SMILES string of the molecule is CC(CNCCc1ccc(Br)cc1)N1CCNCC1. The molecule has 0 spiro atoms. The highest BCUT2D eigenvalue weighted by Gasteiger charge is 2.15. The molecule has 106 valence electrons. The van der Waals surface area contributed by atoms with E-state index in [0.29, 0.717) is 6.04 Å². The lowest BCUT2D eigenvalue weighted by atomic mass is 10.1. The molecule has 1 saturated heterocycles. The molecule has 0 aromatic heterocycles. The number of nitrogens with zero attached hydrogens (tertiary/aromatic N) is 1. The van der Waals surface area contributed by atoms with Crippen LogP contribution in [0.4, 0.5) is 0 Å². The van der Waals surface area contributed by atoms with Crippen LogP contribution >= 0.6 is 15.9 Å². The van der Waals surface area contributed by atoms with Gasteiger partial charge >= 0.3 is 0 Å². The van der Waals surface area contributed by atoms with Crippen LogP contribution in [0.1, 0.15) is 12.5 Å². The zero-order valence-electron chi connectivity index (χ0n) is 11.7. The number of rotatable bonds is 6. The third-order valence-electron chi connectivity index (χ3n) is 3.72. The van der Waals surface area contributed by atoms with Gasteiger partial charge in [0.2, 0.25) is 0 Å². The van der Waals surface area contributed by atoms with Gasteiger partial charge in [-0.3, -0.25) is 4.90 Å². The van der Waals surface area contributed by atoms with Crippen LogP contribution in [0, 0.1) is 0 Å². The Balaban J connectivity index is 1.62. The summed E-state index contributed by atoms with van der Waals surface area (Å²) in [6.45, 7) is 9.06. The predicted octanol–water partition coefficient (Wildman–Crippen LogP) is 1.87. The lowest BCUT2D eigenvalue weighted by Crippen LogP contribution is -2.50. The maximum Gasteiger partial charge on any atom is 0.0193 e. The average molecular weight is 326 g/mol. The molecule has 0 bridgehead atoms. The summed E-state index contributed by atoms with van der Waals surface area (Å²) in [5, 5.41) is 6.97. The molecule has 1 fully saturated rings. The van der Waals surface area contributed by atoms with Crippen LogP contribution in [0.15, 0.2) is 28.7 Å². The van der Waals surface area contributed by atoms with E-state index in [1.54, 1.807) is 0 Å². The average Bonchev–Trinajstić information content (AvgIpc) is 2.46. The van der Waals surface area contributed by atoms with Gasteiger partial charge in [0, 0.05) is 43.2 Å². The van der Waals surface area contributed by atoms with E-state index in [0.717, 1.165) is 37.1 Å². The van der Waals surface area contributed by atoms with Crippen molar-refractivity contribution in [3.63, 3.8) is 0 Å². The highest BCUT2D eigenvalue weighted by Crippen LogP contribution is 2.10. The van der Waals surface area contributed by atoms with Crippen molar-refractivity contribution in [2.75, 3.05) is 39.3 Å². The fourth-order valence-corrected chi connectivity index (χ4v) is 2.71. The fourth-order valence-electron chi connectivity index (χ4n) is 2.45. The summed E-state index contributed by atoms with van der Waals surface area (Å²) in [5.74, 6) is 0. The van der Waals surface area contributed by atoms with Crippen molar-refractivity contribution >= 4 is 15.9 Å². The quantitative estimate of drug-likeness (QED) is 0.782. The van der Waals surface area contributed by atoms with Crippen LogP contribution in [0.25, 0.3) is 0 Å². The molecule has 4 heteroatoms. The molecule has 2 N–H and O–H groups in total. The van der Waals surface area contributed by atoms with E-state index in [1.165, 1.54) is 18.7 Å². The first-order valence-electron chi connectivity index (χ1n) is 7.15. The molecule has 0 saturated carbocycles. The van der Waals surface area contributed by atoms with Gasteiger partial charge in [0.1, 0.15) is 0 Å². The molecular formula is C15H24BrN3. The second kappa shape index (κ2) is 8.00. The molecule has 2 rings (SSSR count). The summed E-state index contributed by atoms with van der Waals surface area (Å²) in [5.41, 5.74) is 1.39. The van der Waals surface area contributed by atoms with E-state index in [2.05, 4.69) is 62.7 Å². The van der Waals surface area contributed by atoms with Crippen molar-refractivity contribution in [2.24, 2.45) is 0 Å². The Morgan fingerprint density at radius 3 is 2.63 bits per heavy atom. The van der Waals surface area contributed by atoms with Gasteiger partial charge in [-0.1, -0.05) is 28.1 Å². The van der Waals surface area contributed by atoms with Crippen LogP contribution in [-0.4, -0.2) is 50.2 Å². The van der Waals surface area contributed by atoms with Gasteiger partial charge in [0.05, 0.1) is 0 Å². The van der Waals surface area contributed by atoms with E-state index < -0.39 is 0 Å². The van der Waals surface area contributed by atoms with Crippen molar-refractivity contribution < 1.29 is 0 Å². The van der Waals surface area contributed by atoms with Gasteiger partial charge in [-0.2, -0.15) is 0 Å². The van der Waals surface area contributed by atoms with E-state index in [4.69, 9.17) is 0 Å². The number of nitrogens with one attached hydrogen (secondary N) is 2. The largest absolute Gasteiger partial charge is 0.315 e. The zero-order chi connectivity index (χ0) is 13.5. The number of piperazine rings is 1. The normalized spacial score (nSPS) is 18.4. The van der Waals surface area contributed by atoms with E-state index in [9.17, 15) is 0 Å². The molecular weight excluding hydrogens is 302 g/mol. The number of hydrogen-bond donors (Lipinski definition) is 2. The number of hydrogen-bond acceptors (Lipinski definition) is 3. The zero-order valence-corrected chi connectivity index (χ0v) is 13.2. The molecule has 1 aliphatic heterocycles. The van der Waals surface area contributed by atoms with Crippen molar-refractivity contribution in [2.45, 2.75) is 19.4 Å². The Kier molecular flexibility index (Phi) is 6.31. The van der Waals surface area contributed by atoms with Crippen LogP contribution < -0.4 is 10.6 Å². The van der Waals surface area contributed by atoms with Crippen molar-refractivity contribution in [3.05, 3.63) is 34.3 Å². The summed E-state index contributed by atoms with van der Waals surface area (Å²) in [6.07, 6.45) is 1.10. The Hall–Kier alpha value is -0.420. The third kappa shape index (κ3) is 5.22. The molecule has 0 radical (unpaired) electrons. The van der Waals surface area contributed by atoms with Crippen molar-refractivity contribution in [1.82, 2.24) is 15.5 Å². The minimum atomic E-state index is 0.631. The second-order valence-electron chi connectivity index (χ2n) is 5.22. The van der Waals surface area contributed by atoms with Gasteiger partial charge in [0.25, 0.3) is 0 Å². The smallest absolute Gasteiger partial charge is 0.0193 e. The van der Waals surface area contributed by atoms with Crippen LogP contribution in [0.3, 0.4) is 0 Å². The summed E-state index contributed by atoms with van der Waals surface area (Å²) in [6, 6.07) is 9.22. The monoisotopic (exact) mass is 325 g/mol. The molecule has 1 unspecified atom stereocenters. The predicted molar refractivity (Wildman–Crippen MR) is 84.6 cm³/mol. The van der Waals surface area contributed by atoms with Gasteiger partial charge in [-0.15, -0.1) is 0 Å². The van der Waals surface area contributed by atoms with E-state index in [-0.39, 0.29) is 0 Å². The third-order valence-corrected chi connectivity index (χ3v) is 4.25. The molecule has 1 aromatic carbocycles. The lowest BCUT2D eigenvalue weighted by Gasteiger charge is -2.32. The summed E-state index contributed by atoms with van der Waals surface area (Å²) in [4.78, 5) is 2.56. The first kappa shape index (κ1) is 15.0. The van der Waals surface area contributed by atoms with Crippen LogP contribution in [0.2, 0.25) is 0 Å². The molecule has 1 aromatic rings. The molecule has 1 aliphatic rings. The standard InChI is InChI=1S/C15H24BrN3/c1-13(19-10-8-17-9-11-19)12-18-7-6-14-2-4-15(16)5-3-14/h2-5,13,17-18H,6-12H2,1H3. The topological polar surface area (TPSA) is 27.3 Å². The molecule has 1 heterocycles. The van der Waals surface area contributed by atoms with Gasteiger partial charge in [-0.05, 0) is 37.6 Å². The maximum atomic E-state index is 3.57. The van der Waals surface area contributed by atoms with E-state index >= 15 is 0 Å². The molecule has 0 amide bonds. The Bertz CT molecular complexity index is 360. The van der Waals surface area contributed by atoms with Gasteiger partial charge in [0.15, 0.2) is 0 Å². The Labute approximate surface area is 124 Å². The van der Waals surface area contributed by atoms with E-state index in [1.807, 2.05) is 0 Å². The summed E-state index contributed by atoms with van der Waals surface area (Å²) in [7, 11) is 0. The van der Waals surface area contributed by atoms with Gasteiger partial charge < -0.3 is 10.6 Å². The maximum absolute atomic E-state index is 3.57. The molecule has 3 nitrogen and oxygen atoms in total. The summed E-state index contributed by atoms with van der Waals surface area (Å²) >= 11 is 3.46. The number of halogens is 1. The number of benzene rings is 1. The first-order chi connectivity index (χ1) is 9.25. The highest BCUT2D eigenvalue weighted by atomic mass is 79.9. The minimum absolute atomic E-state index is 0.631. The molecule has 1 atom stereocenters.